The molecule has 0 radical (unpaired) electrons. The smallest absolute Gasteiger partial charge is 0.331 e. The lowest BCUT2D eigenvalue weighted by atomic mass is 9.85. The zero-order valence-corrected chi connectivity index (χ0v) is 36.0. The first-order valence-corrected chi connectivity index (χ1v) is 20.8. The number of esters is 1. The molecule has 1 saturated heterocycles. The van der Waals surface area contributed by atoms with Gasteiger partial charge in [-0.05, 0) is 95.2 Å². The first-order valence-electron chi connectivity index (χ1n) is 20.8. The van der Waals surface area contributed by atoms with Gasteiger partial charge in [-0.2, -0.15) is 0 Å². The van der Waals surface area contributed by atoms with Gasteiger partial charge in [0.2, 0.25) is 11.8 Å². The maximum absolute atomic E-state index is 14.2. The maximum atomic E-state index is 14.2. The minimum absolute atomic E-state index is 0.0159. The number of aliphatic hydroxyl groups excluding tert-OH is 1. The molecule has 332 valence electrons. The third-order valence-corrected chi connectivity index (χ3v) is 10.2. The first-order chi connectivity index (χ1) is 28.3. The normalized spacial score (nSPS) is 17.9. The largest absolute Gasteiger partial charge is 0.508 e. The van der Waals surface area contributed by atoms with Gasteiger partial charge in [0.15, 0.2) is 0 Å². The van der Waals surface area contributed by atoms with Crippen LogP contribution in [-0.2, 0) is 39.9 Å². The van der Waals surface area contributed by atoms with Crippen molar-refractivity contribution >= 4 is 35.4 Å². The van der Waals surface area contributed by atoms with E-state index in [1.807, 2.05) is 51.2 Å². The topological polar surface area (TPSA) is 212 Å². The molecular formula is C45H65FN4O10. The molecule has 1 aromatic carbocycles. The van der Waals surface area contributed by atoms with Gasteiger partial charge in [-0.1, -0.05) is 69.7 Å². The number of phenols is 1. The van der Waals surface area contributed by atoms with Gasteiger partial charge in [-0.25, -0.2) is 14.6 Å². The Bertz CT molecular complexity index is 1720. The van der Waals surface area contributed by atoms with Gasteiger partial charge in [-0.3, -0.25) is 24.2 Å². The highest BCUT2D eigenvalue weighted by Crippen LogP contribution is 2.23. The van der Waals surface area contributed by atoms with E-state index in [4.69, 9.17) is 4.74 Å². The monoisotopic (exact) mass is 840 g/mol. The highest BCUT2D eigenvalue weighted by atomic mass is 19.1. The number of aromatic hydroxyl groups is 1. The van der Waals surface area contributed by atoms with Gasteiger partial charge < -0.3 is 35.5 Å². The van der Waals surface area contributed by atoms with E-state index in [-0.39, 0.29) is 55.6 Å². The molecule has 6 N–H and O–H groups in total. The molecule has 60 heavy (non-hydrogen) atoms. The van der Waals surface area contributed by atoms with Crippen LogP contribution in [0.3, 0.4) is 0 Å². The van der Waals surface area contributed by atoms with Crippen LogP contribution in [-0.4, -0.2) is 92.7 Å². The summed E-state index contributed by atoms with van der Waals surface area (Å²) >= 11 is 0. The van der Waals surface area contributed by atoms with E-state index in [1.165, 1.54) is 19.1 Å². The van der Waals surface area contributed by atoms with E-state index in [9.17, 15) is 48.5 Å². The predicted molar refractivity (Wildman–Crippen MR) is 225 cm³/mol. The fourth-order valence-electron chi connectivity index (χ4n) is 6.46. The van der Waals surface area contributed by atoms with Crippen LogP contribution in [0.4, 0.5) is 4.39 Å². The number of aliphatic hydroxyl groups is 1. The van der Waals surface area contributed by atoms with Crippen LogP contribution >= 0.6 is 0 Å². The number of aliphatic carboxylic acids is 1. The van der Waals surface area contributed by atoms with Crippen molar-refractivity contribution in [3.05, 3.63) is 77.7 Å². The molecular weight excluding hydrogens is 776 g/mol. The molecule has 0 aromatic heterocycles. The minimum atomic E-state index is -1.36. The Hall–Kier alpha value is -5.15. The van der Waals surface area contributed by atoms with E-state index in [0.29, 0.717) is 12.8 Å². The number of carbonyl (C=O) groups excluding carboxylic acids is 5. The molecule has 15 heteroatoms. The van der Waals surface area contributed by atoms with Crippen LogP contribution in [0.5, 0.6) is 5.75 Å². The van der Waals surface area contributed by atoms with Crippen LogP contribution in [0.15, 0.2) is 66.3 Å². The van der Waals surface area contributed by atoms with E-state index >= 15 is 0 Å². The fraction of sp³-hybridized carbons (Fsp3) is 0.556. The number of Topliss-reactive ketones (excluding diaryl/α,β-unsaturated/α-hetero) is 1. The number of carboxylic acid groups (broad SMARTS) is 1. The van der Waals surface area contributed by atoms with E-state index in [1.54, 1.807) is 26.8 Å². The van der Waals surface area contributed by atoms with Crippen molar-refractivity contribution in [3.8, 4) is 5.75 Å². The molecule has 0 bridgehead atoms. The number of phenolic OH excluding ortho intramolecular Hbond substituents is 1. The third kappa shape index (κ3) is 18.4. The lowest BCUT2D eigenvalue weighted by molar-refractivity contribution is -0.149. The molecule has 1 aliphatic heterocycles. The standard InChI is InChI=1S/C45H65FN4O10/c1-8-32(7)60-39(53)20-14-17-29(4)16-12-10-9-11-13-18-30(5)41(54)36(22-21-31(6)51)42(55)48-40(28(2)3)43(56)47-38(26-33-24-34(46)27-35(52)25-33)44(57)50-23-15-19-37(49-50)45(58)59/h9-11,13-14,17,20,24-25,27-28,30,32,36-38,40-41,49,52,54H,8,12,15-16,18-19,21-23,26H2,1-7H3,(H,47,56)(H,48,55)(H,58,59)/b10-9+,13-11+,20-14+,29-17+/t30-,32?,36+,37?,38?,40-,41+/m0/s1. The number of ether oxygens (including phenoxy) is 1. The molecule has 2 rings (SSSR count). The second-order valence-electron chi connectivity index (χ2n) is 15.9. The van der Waals surface area contributed by atoms with Crippen molar-refractivity contribution in [2.45, 2.75) is 137 Å². The number of hydrogen-bond acceptors (Lipinski definition) is 10. The zero-order chi connectivity index (χ0) is 44.9. The number of amides is 3. The minimum Gasteiger partial charge on any atom is -0.508 e. The van der Waals surface area contributed by atoms with Gasteiger partial charge in [0, 0.05) is 31.5 Å². The van der Waals surface area contributed by atoms with E-state index in [0.717, 1.165) is 42.0 Å². The molecule has 1 aromatic rings. The van der Waals surface area contributed by atoms with Crippen LogP contribution in [0.2, 0.25) is 0 Å². The number of hydrogen-bond donors (Lipinski definition) is 6. The van der Waals surface area contributed by atoms with Crippen molar-refractivity contribution in [1.82, 2.24) is 21.1 Å². The van der Waals surface area contributed by atoms with Crippen LogP contribution < -0.4 is 16.1 Å². The molecule has 1 aliphatic rings. The first kappa shape index (κ1) is 51.0. The van der Waals surface area contributed by atoms with Crippen LogP contribution in [0, 0.1) is 23.6 Å². The van der Waals surface area contributed by atoms with Crippen LogP contribution in [0.1, 0.15) is 105 Å². The Morgan fingerprint density at radius 3 is 2.32 bits per heavy atom. The molecule has 3 unspecified atom stereocenters. The number of carbonyl (C=O) groups is 6. The number of ketones is 1. The second kappa shape index (κ2) is 26.1. The number of allylic oxidation sites excluding steroid dienone is 7. The summed E-state index contributed by atoms with van der Waals surface area (Å²) in [5.41, 5.74) is 3.94. The predicted octanol–water partition coefficient (Wildman–Crippen LogP) is 5.39. The average Bonchev–Trinajstić information content (AvgIpc) is 3.18. The second-order valence-corrected chi connectivity index (χ2v) is 15.9. The Balaban J connectivity index is 2.14. The summed E-state index contributed by atoms with van der Waals surface area (Å²) in [7, 11) is 0. The summed E-state index contributed by atoms with van der Waals surface area (Å²) < 4.78 is 19.4. The van der Waals surface area contributed by atoms with Gasteiger partial charge in [0.1, 0.15) is 35.5 Å². The van der Waals surface area contributed by atoms with E-state index in [2.05, 4.69) is 16.1 Å². The Labute approximate surface area is 353 Å². The van der Waals surface area contributed by atoms with Gasteiger partial charge in [-0.15, -0.1) is 0 Å². The van der Waals surface area contributed by atoms with Gasteiger partial charge >= 0.3 is 11.9 Å². The lowest BCUT2D eigenvalue weighted by Gasteiger charge is -2.35. The zero-order valence-electron chi connectivity index (χ0n) is 36.0. The molecule has 0 spiro atoms. The summed E-state index contributed by atoms with van der Waals surface area (Å²) in [6.45, 7) is 12.4. The number of benzene rings is 1. The highest BCUT2D eigenvalue weighted by molar-refractivity contribution is 5.93. The molecule has 14 nitrogen and oxygen atoms in total. The third-order valence-electron chi connectivity index (χ3n) is 10.2. The number of carboxylic acids is 1. The summed E-state index contributed by atoms with van der Waals surface area (Å²) in [5, 5.41) is 37.5. The average molecular weight is 841 g/mol. The van der Waals surface area contributed by atoms with E-state index < -0.39 is 77.2 Å². The summed E-state index contributed by atoms with van der Waals surface area (Å²) in [4.78, 5) is 77.1. The fourth-order valence-corrected chi connectivity index (χ4v) is 6.46. The molecule has 0 aliphatic carbocycles. The SMILES string of the molecule is CCC(C)OC(=O)/C=C/C=C(\C)CC/C=C/C=C/C[C@H](C)[C@@H](O)[C@@H](CCC(C)=O)C(=O)N[C@H](C(=O)NC(Cc1cc(O)cc(F)c1)C(=O)N1CCCC(C(=O)O)N1)C(C)C. The summed E-state index contributed by atoms with van der Waals surface area (Å²) in [5.74, 6) is -6.96. The summed E-state index contributed by atoms with van der Waals surface area (Å²) in [6.07, 6.45) is 14.4. The maximum Gasteiger partial charge on any atom is 0.331 e. The number of rotatable bonds is 24. The van der Waals surface area contributed by atoms with Gasteiger partial charge in [0.25, 0.3) is 5.91 Å². The lowest BCUT2D eigenvalue weighted by Crippen LogP contribution is -2.62. The number of nitrogens with zero attached hydrogens (tertiary/aromatic N) is 1. The molecule has 0 saturated carbocycles. The Morgan fingerprint density at radius 2 is 1.68 bits per heavy atom. The van der Waals surface area contributed by atoms with Crippen molar-refractivity contribution < 1.29 is 53.2 Å². The summed E-state index contributed by atoms with van der Waals surface area (Å²) in [6, 6.07) is -0.373. The van der Waals surface area contributed by atoms with Crippen molar-refractivity contribution in [2.24, 2.45) is 17.8 Å². The molecule has 1 heterocycles. The molecule has 3 amide bonds. The van der Waals surface area contributed by atoms with Crippen molar-refractivity contribution in [1.29, 1.82) is 0 Å². The van der Waals surface area contributed by atoms with Crippen molar-refractivity contribution in [3.63, 3.8) is 0 Å². The highest BCUT2D eigenvalue weighted by Gasteiger charge is 2.37. The number of halogens is 1. The Kier molecular flexibility index (Phi) is 22.2. The quantitative estimate of drug-likeness (QED) is 0.0442. The Morgan fingerprint density at radius 1 is 0.983 bits per heavy atom. The van der Waals surface area contributed by atoms with Gasteiger partial charge in [0.05, 0.1) is 18.1 Å². The van der Waals surface area contributed by atoms with Crippen LogP contribution in [0.25, 0.3) is 0 Å². The molecule has 7 atom stereocenters. The number of hydrazine groups is 1. The molecule has 1 fully saturated rings. The number of nitrogens with one attached hydrogen (secondary N) is 3. The van der Waals surface area contributed by atoms with Crippen molar-refractivity contribution in [2.75, 3.05) is 6.54 Å².